The molecule has 10 atom stereocenters. The second-order valence-electron chi connectivity index (χ2n) is 21.3. The summed E-state index contributed by atoms with van der Waals surface area (Å²) in [6.45, 7) is -1.38. The molecule has 0 aliphatic carbocycles. The summed E-state index contributed by atoms with van der Waals surface area (Å²) in [4.78, 5) is 154. The largest absolute Gasteiger partial charge is 0.480 e. The van der Waals surface area contributed by atoms with Crippen molar-refractivity contribution in [2.24, 2.45) is 55.1 Å². The lowest BCUT2D eigenvalue weighted by Crippen LogP contribution is -2.60. The van der Waals surface area contributed by atoms with Crippen molar-refractivity contribution in [2.45, 2.75) is 144 Å². The number of anilines is 1. The SMILES string of the molecule is NC(N)=NCCC[C@@H](N)C(=O)N[C@@H](CCCN=C(N)N)C(=O)N1CCC[C@H]1C(=O)N1CC(O)C[C@H]1C(=O)NCC(=O)N[C@@H](Cc1cccs1)C(=O)N[C@@H](CO)C(=O)N[C@H]1CCc2cccc3c2N(C1=O)[C@@H](C(=O)N[C@H](CCCN=C(N)N)C(=O)O)C3. The van der Waals surface area contributed by atoms with Gasteiger partial charge in [-0.1, -0.05) is 24.3 Å². The van der Waals surface area contributed by atoms with Crippen LogP contribution in [0.15, 0.2) is 50.7 Å². The number of aliphatic hydroxyl groups is 2. The number of carbonyl (C=O) groups is 10. The Morgan fingerprint density at radius 2 is 1.34 bits per heavy atom. The number of carboxylic acids is 1. The molecular weight excluding hydrogens is 1140 g/mol. The highest BCUT2D eigenvalue weighted by Gasteiger charge is 2.47. The van der Waals surface area contributed by atoms with Crippen molar-refractivity contribution >= 4 is 94.0 Å². The zero-order chi connectivity index (χ0) is 62.8. The predicted octanol–water partition coefficient (Wildman–Crippen LogP) is -6.75. The van der Waals surface area contributed by atoms with Gasteiger partial charge in [-0.2, -0.15) is 0 Å². The molecule has 0 bridgehead atoms. The van der Waals surface area contributed by atoms with Crippen molar-refractivity contribution in [2.75, 3.05) is 50.8 Å². The molecule has 0 radical (unpaired) electrons. The average molecular weight is 1220 g/mol. The Bertz CT molecular complexity index is 2880. The highest BCUT2D eigenvalue weighted by Crippen LogP contribution is 2.39. The molecule has 5 heterocycles. The van der Waals surface area contributed by atoms with Gasteiger partial charge < -0.3 is 97.2 Å². The van der Waals surface area contributed by atoms with Crippen LogP contribution in [0.3, 0.4) is 0 Å². The van der Waals surface area contributed by atoms with E-state index in [1.165, 1.54) is 21.1 Å². The summed E-state index contributed by atoms with van der Waals surface area (Å²) in [5.41, 5.74) is 40.4. The molecule has 6 rings (SSSR count). The van der Waals surface area contributed by atoms with E-state index in [4.69, 9.17) is 40.1 Å². The Kier molecular flexibility index (Phi) is 24.3. The van der Waals surface area contributed by atoms with Crippen molar-refractivity contribution < 1.29 is 63.3 Å². The van der Waals surface area contributed by atoms with Gasteiger partial charge in [0.1, 0.15) is 48.3 Å². The number of amides is 9. The number of carboxylic acid groups (broad SMARTS) is 1. The number of aryl methyl sites for hydroxylation is 1. The van der Waals surface area contributed by atoms with E-state index in [1.54, 1.807) is 35.7 Å². The van der Waals surface area contributed by atoms with Crippen LogP contribution < -0.4 is 76.9 Å². The molecule has 0 saturated carbocycles. The molecule has 4 aliphatic rings. The smallest absolute Gasteiger partial charge is 0.326 e. The zero-order valence-electron chi connectivity index (χ0n) is 47.4. The third-order valence-corrected chi connectivity index (χ3v) is 15.9. The lowest BCUT2D eigenvalue weighted by Gasteiger charge is -2.33. The Hall–Kier alpha value is -8.69. The number of aliphatic imine (C=N–C) groups is 3. The number of thiophene rings is 1. The van der Waals surface area contributed by atoms with Crippen LogP contribution in [0.5, 0.6) is 0 Å². The minimum Gasteiger partial charge on any atom is -0.480 e. The molecule has 2 aromatic rings. The second kappa shape index (κ2) is 31.4. The average Bonchev–Trinajstić information content (AvgIpc) is 1.76. The normalized spacial score (nSPS) is 20.3. The number of hydrogen-bond acceptors (Lipinski definition) is 17. The number of para-hydroxylation sites is 1. The zero-order valence-corrected chi connectivity index (χ0v) is 48.3. The lowest BCUT2D eigenvalue weighted by molar-refractivity contribution is -0.148. The molecule has 86 heavy (non-hydrogen) atoms. The first-order valence-corrected chi connectivity index (χ1v) is 29.1. The van der Waals surface area contributed by atoms with Crippen LogP contribution in [-0.2, 0) is 67.2 Å². The van der Waals surface area contributed by atoms with Gasteiger partial charge in [-0.3, -0.25) is 63.0 Å². The van der Waals surface area contributed by atoms with Gasteiger partial charge in [-0.05, 0) is 86.8 Å². The molecular formula is C53H79N19O13S. The minimum atomic E-state index is -1.67. The maximum atomic E-state index is 14.5. The van der Waals surface area contributed by atoms with Gasteiger partial charge in [-0.15, -0.1) is 11.3 Å². The minimum absolute atomic E-state index is 0.0255. The number of nitrogens with zero attached hydrogens (tertiary/aromatic N) is 6. The Balaban J connectivity index is 1.08. The predicted molar refractivity (Wildman–Crippen MR) is 314 cm³/mol. The van der Waals surface area contributed by atoms with E-state index in [0.29, 0.717) is 34.5 Å². The van der Waals surface area contributed by atoms with Gasteiger partial charge in [-0.25, -0.2) is 4.79 Å². The summed E-state index contributed by atoms with van der Waals surface area (Å²) in [6.07, 6.45) is 0.519. The molecule has 33 heteroatoms. The number of likely N-dealkylation sites (tertiary alicyclic amines) is 2. The monoisotopic (exact) mass is 1220 g/mol. The van der Waals surface area contributed by atoms with Crippen molar-refractivity contribution in [3.63, 3.8) is 0 Å². The molecule has 23 N–H and O–H groups in total. The standard InChI is InChI=1S/C53H79N19O13S/c54-31(10-2-16-61-51(55)56)42(76)66-32(11-3-17-62-52(57)58)47(81)70-19-5-13-37(70)49(83)71-25-29(74)22-38(71)45(79)64-24-40(75)65-35(23-30-9-6-20-86-30)43(77)69-36(26-73)44(78)67-33-15-14-27-7-1-8-28-21-39(72(41(27)28)48(33)82)46(80)68-34(50(84)85)12-4-18-63-53(59)60/h1,6-9,20,29,31-39,73-74H,2-5,10-19,21-26,54H2,(H,64,79)(H,65,75)(H,66,76)(H,67,78)(H,68,80)(H,69,77)(H,84,85)(H4,55,56,61)(H4,57,58,62)(H4,59,60,63)/t29?,31-,32+,33+,34-,35+,36+,37+,38+,39-/m1/s1. The molecule has 2 saturated heterocycles. The Labute approximate surface area is 498 Å². The molecule has 1 aromatic heterocycles. The van der Waals surface area contributed by atoms with E-state index in [0.717, 1.165) is 4.90 Å². The van der Waals surface area contributed by atoms with E-state index in [2.05, 4.69) is 46.9 Å². The van der Waals surface area contributed by atoms with Gasteiger partial charge in [0.2, 0.25) is 53.2 Å². The van der Waals surface area contributed by atoms with E-state index in [9.17, 15) is 63.3 Å². The maximum Gasteiger partial charge on any atom is 0.326 e. The molecule has 470 valence electrons. The molecule has 1 unspecified atom stereocenters. The van der Waals surface area contributed by atoms with Crippen LogP contribution >= 0.6 is 11.3 Å². The van der Waals surface area contributed by atoms with Gasteiger partial charge >= 0.3 is 5.97 Å². The molecule has 4 aliphatic heterocycles. The quantitative estimate of drug-likeness (QED) is 0.0196. The van der Waals surface area contributed by atoms with Crippen molar-refractivity contribution in [3.8, 4) is 0 Å². The topological polar surface area (TPSA) is 533 Å². The number of hydrogen-bond donors (Lipinski definition) is 16. The number of β-amino-alcohol motifs (C(OH)–C–C–N with tert-alkyl or cyclic N) is 1. The first kappa shape index (κ1) is 66.4. The third-order valence-electron chi connectivity index (χ3n) is 15.0. The summed E-state index contributed by atoms with van der Waals surface area (Å²) in [7, 11) is 0. The summed E-state index contributed by atoms with van der Waals surface area (Å²) in [5.74, 6) is -8.73. The van der Waals surface area contributed by atoms with Crippen molar-refractivity contribution in [1.82, 2.24) is 41.7 Å². The van der Waals surface area contributed by atoms with Crippen molar-refractivity contribution in [3.05, 3.63) is 51.7 Å². The van der Waals surface area contributed by atoms with Crippen LogP contribution in [0.2, 0.25) is 0 Å². The number of aliphatic hydroxyl groups excluding tert-OH is 2. The van der Waals surface area contributed by atoms with Gasteiger partial charge in [0.05, 0.1) is 31.0 Å². The summed E-state index contributed by atoms with van der Waals surface area (Å²) < 4.78 is 0. The van der Waals surface area contributed by atoms with Crippen LogP contribution in [0, 0.1) is 0 Å². The van der Waals surface area contributed by atoms with E-state index in [-0.39, 0.29) is 121 Å². The van der Waals surface area contributed by atoms with Gasteiger partial charge in [0.25, 0.3) is 0 Å². The fraction of sp³-hybridized carbons (Fsp3) is 0.566. The molecule has 32 nitrogen and oxygen atoms in total. The highest BCUT2D eigenvalue weighted by atomic mass is 32.1. The number of rotatable bonds is 30. The fourth-order valence-corrected chi connectivity index (χ4v) is 11.5. The van der Waals surface area contributed by atoms with Gasteiger partial charge in [0.15, 0.2) is 17.9 Å². The van der Waals surface area contributed by atoms with Crippen LogP contribution in [-0.4, -0.2) is 208 Å². The first-order chi connectivity index (χ1) is 41.0. The molecule has 0 spiro atoms. The Morgan fingerprint density at radius 3 is 1.97 bits per heavy atom. The number of carbonyl (C=O) groups excluding carboxylic acids is 9. The first-order valence-electron chi connectivity index (χ1n) is 28.3. The summed E-state index contributed by atoms with van der Waals surface area (Å²) in [5, 5.41) is 48.3. The van der Waals surface area contributed by atoms with Crippen LogP contribution in [0.4, 0.5) is 5.69 Å². The maximum absolute atomic E-state index is 14.5. The molecule has 9 amide bonds. The van der Waals surface area contributed by atoms with Crippen LogP contribution in [0.1, 0.15) is 80.2 Å². The van der Waals surface area contributed by atoms with E-state index < -0.39 is 133 Å². The molecule has 1 aromatic carbocycles. The third kappa shape index (κ3) is 18.2. The molecule has 2 fully saturated rings. The summed E-state index contributed by atoms with van der Waals surface area (Å²) in [6, 6.07) is -2.81. The number of guanidine groups is 3. The fourth-order valence-electron chi connectivity index (χ4n) is 10.8. The number of aliphatic carboxylic acids is 1. The van der Waals surface area contributed by atoms with E-state index >= 15 is 0 Å². The highest BCUT2D eigenvalue weighted by molar-refractivity contribution is 7.09. The van der Waals surface area contributed by atoms with E-state index in [1.807, 2.05) is 0 Å². The number of nitrogens with two attached hydrogens (primary N) is 7. The summed E-state index contributed by atoms with van der Waals surface area (Å²) >= 11 is 1.26. The number of benzene rings is 1. The van der Waals surface area contributed by atoms with Crippen LogP contribution in [0.25, 0.3) is 0 Å². The number of nitrogens with one attached hydrogen (secondary N) is 6. The van der Waals surface area contributed by atoms with Crippen molar-refractivity contribution in [1.29, 1.82) is 0 Å². The second-order valence-corrected chi connectivity index (χ2v) is 22.3. The Morgan fingerprint density at radius 1 is 0.698 bits per heavy atom. The lowest BCUT2D eigenvalue weighted by atomic mass is 10.0. The van der Waals surface area contributed by atoms with Gasteiger partial charge in [0, 0.05) is 56.9 Å².